The van der Waals surface area contributed by atoms with E-state index < -0.39 is 12.2 Å². The second-order valence-corrected chi connectivity index (χ2v) is 5.03. The molecule has 3 atom stereocenters. The summed E-state index contributed by atoms with van der Waals surface area (Å²) in [5.74, 6) is 1.15. The first-order valence-corrected chi connectivity index (χ1v) is 6.54. The fourth-order valence-corrected chi connectivity index (χ4v) is 2.51. The van der Waals surface area contributed by atoms with Crippen molar-refractivity contribution in [3.63, 3.8) is 0 Å². The molecule has 102 valence electrons. The van der Waals surface area contributed by atoms with Crippen molar-refractivity contribution in [2.24, 2.45) is 0 Å². The summed E-state index contributed by atoms with van der Waals surface area (Å²) < 4.78 is 11.5. The zero-order valence-electron chi connectivity index (χ0n) is 10.8. The third kappa shape index (κ3) is 2.26. The Morgan fingerprint density at radius 2 is 2.00 bits per heavy atom. The predicted molar refractivity (Wildman–Crippen MR) is 68.2 cm³/mol. The maximum Gasteiger partial charge on any atom is 0.267 e. The summed E-state index contributed by atoms with van der Waals surface area (Å²) in [6.07, 6.45) is -0.763. The Hall–Kier alpha value is -1.75. The van der Waals surface area contributed by atoms with Crippen LogP contribution in [0.4, 0.5) is 0 Å². The number of likely N-dealkylation sites (tertiary alicyclic amines) is 1. The summed E-state index contributed by atoms with van der Waals surface area (Å²) >= 11 is 0. The molecule has 1 N–H and O–H groups in total. The third-order valence-corrected chi connectivity index (χ3v) is 3.56. The van der Waals surface area contributed by atoms with Crippen LogP contribution in [0, 0.1) is 0 Å². The molecule has 0 aromatic heterocycles. The number of ether oxygens (including phenoxy) is 2. The zero-order valence-corrected chi connectivity index (χ0v) is 10.8. The van der Waals surface area contributed by atoms with Gasteiger partial charge in [-0.05, 0) is 25.5 Å². The van der Waals surface area contributed by atoms with E-state index in [4.69, 9.17) is 9.47 Å². The minimum Gasteiger partial charge on any atom is -0.482 e. The van der Waals surface area contributed by atoms with Crippen LogP contribution in [-0.4, -0.2) is 47.3 Å². The van der Waals surface area contributed by atoms with Crippen molar-refractivity contribution in [3.8, 4) is 11.5 Å². The first-order chi connectivity index (χ1) is 9.15. The molecular weight excluding hydrogens is 246 g/mol. The Labute approximate surface area is 111 Å². The average Bonchev–Trinajstić information content (AvgIpc) is 2.84. The minimum atomic E-state index is -0.639. The summed E-state index contributed by atoms with van der Waals surface area (Å²) in [6, 6.07) is 7.33. The molecule has 0 saturated carbocycles. The molecule has 3 rings (SSSR count). The van der Waals surface area contributed by atoms with Crippen molar-refractivity contribution in [1.29, 1.82) is 0 Å². The number of hydrogen-bond donors (Lipinski definition) is 1. The highest BCUT2D eigenvalue weighted by molar-refractivity contribution is 5.82. The lowest BCUT2D eigenvalue weighted by Crippen LogP contribution is -2.50. The van der Waals surface area contributed by atoms with Crippen LogP contribution in [0.25, 0.3) is 0 Å². The van der Waals surface area contributed by atoms with E-state index in [1.807, 2.05) is 25.1 Å². The molecule has 0 radical (unpaired) electrons. The first kappa shape index (κ1) is 12.3. The molecule has 2 unspecified atom stereocenters. The zero-order chi connectivity index (χ0) is 13.4. The number of nitrogens with zero attached hydrogens (tertiary/aromatic N) is 1. The van der Waals surface area contributed by atoms with Gasteiger partial charge >= 0.3 is 0 Å². The molecule has 19 heavy (non-hydrogen) atoms. The molecule has 2 aliphatic heterocycles. The molecule has 5 nitrogen and oxygen atoms in total. The van der Waals surface area contributed by atoms with E-state index >= 15 is 0 Å². The Kier molecular flexibility index (Phi) is 3.06. The molecule has 1 saturated heterocycles. The lowest BCUT2D eigenvalue weighted by molar-refractivity contribution is -0.143. The third-order valence-electron chi connectivity index (χ3n) is 3.56. The van der Waals surface area contributed by atoms with Crippen molar-refractivity contribution in [3.05, 3.63) is 24.3 Å². The molecule has 1 aromatic rings. The molecule has 1 aromatic carbocycles. The number of carbonyl (C=O) groups is 1. The second kappa shape index (κ2) is 4.74. The van der Waals surface area contributed by atoms with Gasteiger partial charge < -0.3 is 19.5 Å². The Morgan fingerprint density at radius 1 is 1.32 bits per heavy atom. The maximum absolute atomic E-state index is 12.4. The van der Waals surface area contributed by atoms with Gasteiger partial charge in [0.15, 0.2) is 11.5 Å². The van der Waals surface area contributed by atoms with Gasteiger partial charge in [0.05, 0.1) is 6.10 Å². The highest BCUT2D eigenvalue weighted by Crippen LogP contribution is 2.34. The smallest absolute Gasteiger partial charge is 0.267 e. The number of rotatable bonds is 1. The van der Waals surface area contributed by atoms with Crippen molar-refractivity contribution >= 4 is 5.91 Å². The van der Waals surface area contributed by atoms with Crippen molar-refractivity contribution in [2.75, 3.05) is 13.1 Å². The fraction of sp³-hybridized carbons (Fsp3) is 0.500. The molecule has 0 aliphatic carbocycles. The summed E-state index contributed by atoms with van der Waals surface area (Å²) in [7, 11) is 0. The summed E-state index contributed by atoms with van der Waals surface area (Å²) in [5, 5.41) is 9.50. The van der Waals surface area contributed by atoms with Gasteiger partial charge in [-0.15, -0.1) is 0 Å². The second-order valence-electron chi connectivity index (χ2n) is 5.03. The number of aliphatic hydroxyl groups is 1. The minimum absolute atomic E-state index is 0.112. The highest BCUT2D eigenvalue weighted by Gasteiger charge is 2.38. The van der Waals surface area contributed by atoms with E-state index in [1.165, 1.54) is 0 Å². The number of aliphatic hydroxyl groups excluding tert-OH is 1. The van der Waals surface area contributed by atoms with Crippen LogP contribution in [0.5, 0.6) is 11.5 Å². The molecule has 1 fully saturated rings. The quantitative estimate of drug-likeness (QED) is 0.814. The Balaban J connectivity index is 1.77. The highest BCUT2D eigenvalue weighted by atomic mass is 16.6. The van der Waals surface area contributed by atoms with E-state index in [0.29, 0.717) is 31.0 Å². The molecule has 0 spiro atoms. The summed E-state index contributed by atoms with van der Waals surface area (Å²) in [4.78, 5) is 14.0. The van der Waals surface area contributed by atoms with Crippen molar-refractivity contribution < 1.29 is 19.4 Å². The van der Waals surface area contributed by atoms with Gasteiger partial charge in [0.1, 0.15) is 6.10 Å². The molecular formula is C14H17NO4. The van der Waals surface area contributed by atoms with Crippen LogP contribution >= 0.6 is 0 Å². The van der Waals surface area contributed by atoms with Crippen molar-refractivity contribution in [1.82, 2.24) is 4.90 Å². The monoisotopic (exact) mass is 263 g/mol. The number of amides is 1. The topological polar surface area (TPSA) is 59.0 Å². The molecule has 2 heterocycles. The summed E-state index contributed by atoms with van der Waals surface area (Å²) in [5.41, 5.74) is 0. The van der Waals surface area contributed by atoms with Gasteiger partial charge in [0.25, 0.3) is 5.91 Å². The van der Waals surface area contributed by atoms with E-state index in [0.717, 1.165) is 0 Å². The molecule has 5 heteroatoms. The largest absolute Gasteiger partial charge is 0.482 e. The van der Waals surface area contributed by atoms with Gasteiger partial charge in [-0.25, -0.2) is 0 Å². The predicted octanol–water partition coefficient (Wildman–Crippen LogP) is 0.808. The average molecular weight is 263 g/mol. The fourth-order valence-electron chi connectivity index (χ4n) is 2.51. The normalized spacial score (nSPS) is 29.4. The Bertz CT molecular complexity index is 490. The van der Waals surface area contributed by atoms with Gasteiger partial charge in [0.2, 0.25) is 6.10 Å². The lowest BCUT2D eigenvalue weighted by Gasteiger charge is -2.33. The number of benzene rings is 1. The van der Waals surface area contributed by atoms with Gasteiger partial charge in [-0.1, -0.05) is 12.1 Å². The number of fused-ring (bicyclic) bond motifs is 1. The van der Waals surface area contributed by atoms with Crippen LogP contribution in [0.3, 0.4) is 0 Å². The van der Waals surface area contributed by atoms with Gasteiger partial charge in [0, 0.05) is 13.1 Å². The SMILES string of the molecule is CC1Oc2ccccc2OC1C(=O)N1CC[C@H](O)C1. The standard InChI is InChI=1S/C14H17NO4/c1-9-13(14(17)15-7-6-10(16)8-15)19-12-5-3-2-4-11(12)18-9/h2-5,9-10,13,16H,6-8H2,1H3/t9?,10-,13?/m0/s1. The number of hydrogen-bond acceptors (Lipinski definition) is 4. The van der Waals surface area contributed by atoms with E-state index in [2.05, 4.69) is 0 Å². The molecule has 0 bridgehead atoms. The summed E-state index contributed by atoms with van der Waals surface area (Å²) in [6.45, 7) is 2.78. The van der Waals surface area contributed by atoms with Crippen LogP contribution in [0.1, 0.15) is 13.3 Å². The molecule has 1 amide bonds. The first-order valence-electron chi connectivity index (χ1n) is 6.54. The van der Waals surface area contributed by atoms with Crippen LogP contribution < -0.4 is 9.47 Å². The number of β-amino-alcohol motifs (C(OH)–C–C–N with tert-alkyl or cyclic N) is 1. The van der Waals surface area contributed by atoms with Gasteiger partial charge in [-0.2, -0.15) is 0 Å². The van der Waals surface area contributed by atoms with E-state index in [1.54, 1.807) is 11.0 Å². The lowest BCUT2D eigenvalue weighted by atomic mass is 10.1. The van der Waals surface area contributed by atoms with Crippen molar-refractivity contribution in [2.45, 2.75) is 31.7 Å². The van der Waals surface area contributed by atoms with Crippen LogP contribution in [0.15, 0.2) is 24.3 Å². The van der Waals surface area contributed by atoms with E-state index in [9.17, 15) is 9.90 Å². The molecule has 2 aliphatic rings. The van der Waals surface area contributed by atoms with E-state index in [-0.39, 0.29) is 12.0 Å². The Morgan fingerprint density at radius 3 is 2.63 bits per heavy atom. The van der Waals surface area contributed by atoms with Crippen LogP contribution in [-0.2, 0) is 4.79 Å². The van der Waals surface area contributed by atoms with Crippen LogP contribution in [0.2, 0.25) is 0 Å². The number of para-hydroxylation sites is 2. The number of carbonyl (C=O) groups excluding carboxylic acids is 1. The van der Waals surface area contributed by atoms with Gasteiger partial charge in [-0.3, -0.25) is 4.79 Å². The maximum atomic E-state index is 12.4.